The van der Waals surface area contributed by atoms with Gasteiger partial charge in [-0.1, -0.05) is 145 Å². The summed E-state index contributed by atoms with van der Waals surface area (Å²) in [5, 5.41) is 0. The van der Waals surface area contributed by atoms with Crippen molar-refractivity contribution >= 4 is 17.9 Å². The predicted octanol–water partition coefficient (Wildman–Crippen LogP) is 13.4. The van der Waals surface area contributed by atoms with Crippen LogP contribution in [0.15, 0.2) is 0 Å². The molecule has 0 aromatic heterocycles. The molecule has 2 atom stereocenters. The molecule has 0 aliphatic rings. The van der Waals surface area contributed by atoms with Gasteiger partial charge in [-0.25, -0.2) is 0 Å². The second-order valence-corrected chi connectivity index (χ2v) is 19.1. The summed E-state index contributed by atoms with van der Waals surface area (Å²) in [4.78, 5) is 40.1. The summed E-state index contributed by atoms with van der Waals surface area (Å²) < 4.78 is 17.1. The highest BCUT2D eigenvalue weighted by atomic mass is 16.5. The topological polar surface area (TPSA) is 82.1 Å². The first-order valence-electron chi connectivity index (χ1n) is 23.8. The maximum Gasteiger partial charge on any atom is 0.308 e. The van der Waals surface area contributed by atoms with E-state index >= 15 is 0 Å². The molecule has 0 saturated heterocycles. The lowest BCUT2D eigenvalue weighted by atomic mass is 9.89. The average Bonchev–Trinajstić information content (AvgIpc) is 3.13. The third-order valence-corrected chi connectivity index (χ3v) is 12.0. The molecule has 0 heterocycles. The van der Waals surface area contributed by atoms with Crippen molar-refractivity contribution in [1.82, 2.24) is 4.90 Å². The minimum atomic E-state index is -0.0398. The number of unbranched alkanes of at least 4 members (excludes halogenated alkanes) is 12. The Morgan fingerprint density at radius 1 is 0.446 bits per heavy atom. The third-order valence-electron chi connectivity index (χ3n) is 12.0. The third kappa shape index (κ3) is 32.3. The van der Waals surface area contributed by atoms with Crippen LogP contribution in [0.25, 0.3) is 0 Å². The normalized spacial score (nSPS) is 13.7. The molecule has 0 fully saturated rings. The monoisotopic (exact) mass is 794 g/mol. The number of hydrogen-bond acceptors (Lipinski definition) is 7. The Labute approximate surface area is 348 Å². The second-order valence-electron chi connectivity index (χ2n) is 19.1. The first-order valence-corrected chi connectivity index (χ1v) is 23.8. The fourth-order valence-corrected chi connectivity index (χ4v) is 7.19. The van der Waals surface area contributed by atoms with E-state index in [9.17, 15) is 14.4 Å². The van der Waals surface area contributed by atoms with E-state index in [-0.39, 0.29) is 23.8 Å². The van der Waals surface area contributed by atoms with E-state index in [1.807, 2.05) is 0 Å². The summed E-state index contributed by atoms with van der Waals surface area (Å²) in [6.07, 6.45) is 23.7. The first kappa shape index (κ1) is 54.4. The highest BCUT2D eigenvalue weighted by Gasteiger charge is 2.20. The Kier molecular flexibility index (Phi) is 34.3. The first-order chi connectivity index (χ1) is 26.6. The molecule has 0 aromatic rings. The van der Waals surface area contributed by atoms with Gasteiger partial charge in [-0.05, 0) is 101 Å². The van der Waals surface area contributed by atoms with E-state index in [2.05, 4.69) is 81.2 Å². The fraction of sp³-hybridized carbons (Fsp3) is 0.939. The molecule has 0 aliphatic carbocycles. The molecule has 0 aliphatic heterocycles. The molecule has 0 bridgehead atoms. The van der Waals surface area contributed by atoms with E-state index < -0.39 is 0 Å². The van der Waals surface area contributed by atoms with Crippen LogP contribution in [0.3, 0.4) is 0 Å². The zero-order valence-electron chi connectivity index (χ0n) is 39.1. The standard InChI is InChI=1S/C49H95NO6/c1-39(2)31-33-45(41(5)6)37-55-47(51)29-24-20-16-12-14-18-22-27-44(49(53)54-36-26-35-50(11)43(9)10)28-23-19-15-13-17-21-25-30-48(52)56-38-46(42(7)8)34-32-40(3)4/h39-46H,12-38H2,1-11H3. The van der Waals surface area contributed by atoms with E-state index in [0.717, 1.165) is 103 Å². The maximum atomic E-state index is 13.1. The molecule has 0 amide bonds. The number of nitrogens with zero attached hydrogens (tertiary/aromatic N) is 1. The van der Waals surface area contributed by atoms with Crippen molar-refractivity contribution in [3.8, 4) is 0 Å². The number of hydrogen-bond donors (Lipinski definition) is 0. The molecule has 7 nitrogen and oxygen atoms in total. The van der Waals surface area contributed by atoms with Gasteiger partial charge in [0, 0.05) is 25.4 Å². The van der Waals surface area contributed by atoms with E-state index in [4.69, 9.17) is 14.2 Å². The Balaban J connectivity index is 4.36. The zero-order chi connectivity index (χ0) is 42.1. The summed E-state index contributed by atoms with van der Waals surface area (Å²) in [5.74, 6) is 3.26. The van der Waals surface area contributed by atoms with Crippen molar-refractivity contribution in [3.63, 3.8) is 0 Å². The van der Waals surface area contributed by atoms with Crippen LogP contribution in [0, 0.1) is 41.4 Å². The van der Waals surface area contributed by atoms with Crippen LogP contribution < -0.4 is 0 Å². The lowest BCUT2D eigenvalue weighted by Gasteiger charge is -2.21. The minimum absolute atomic E-state index is 0.00353. The van der Waals surface area contributed by atoms with Gasteiger partial charge in [0.2, 0.25) is 0 Å². The van der Waals surface area contributed by atoms with Crippen LogP contribution in [-0.4, -0.2) is 62.3 Å². The number of esters is 3. The van der Waals surface area contributed by atoms with Crippen LogP contribution in [0.2, 0.25) is 0 Å². The van der Waals surface area contributed by atoms with Crippen molar-refractivity contribution in [2.24, 2.45) is 41.4 Å². The van der Waals surface area contributed by atoms with E-state index in [1.165, 1.54) is 38.5 Å². The van der Waals surface area contributed by atoms with Gasteiger partial charge in [-0.3, -0.25) is 14.4 Å². The van der Waals surface area contributed by atoms with Gasteiger partial charge in [0.1, 0.15) is 0 Å². The average molecular weight is 794 g/mol. The second kappa shape index (κ2) is 35.3. The van der Waals surface area contributed by atoms with Crippen molar-refractivity contribution in [1.29, 1.82) is 0 Å². The van der Waals surface area contributed by atoms with Gasteiger partial charge in [-0.15, -0.1) is 0 Å². The van der Waals surface area contributed by atoms with Crippen LogP contribution >= 0.6 is 0 Å². The molecule has 0 rings (SSSR count). The molecule has 0 spiro atoms. The molecule has 0 radical (unpaired) electrons. The SMILES string of the molecule is CC(C)CCC(COC(=O)CCCCCCCCCC(CCCCCCCCCC(=O)OCC(CCC(C)C)C(C)C)C(=O)OCCCN(C)C(C)C)C(C)C. The van der Waals surface area contributed by atoms with Crippen LogP contribution in [0.4, 0.5) is 0 Å². The van der Waals surface area contributed by atoms with Crippen molar-refractivity contribution in [3.05, 3.63) is 0 Å². The van der Waals surface area contributed by atoms with Gasteiger partial charge in [0.05, 0.1) is 25.7 Å². The highest BCUT2D eigenvalue weighted by molar-refractivity contribution is 5.72. The number of carbonyl (C=O) groups excluding carboxylic acids is 3. The summed E-state index contributed by atoms with van der Waals surface area (Å²) in [6, 6.07) is 0.491. The highest BCUT2D eigenvalue weighted by Crippen LogP contribution is 2.24. The summed E-state index contributed by atoms with van der Waals surface area (Å²) in [7, 11) is 2.12. The lowest BCUT2D eigenvalue weighted by molar-refractivity contribution is -0.149. The number of rotatable bonds is 38. The predicted molar refractivity (Wildman–Crippen MR) is 237 cm³/mol. The molecule has 7 heteroatoms. The molecule has 0 saturated carbocycles. The molecular formula is C49H95NO6. The van der Waals surface area contributed by atoms with Gasteiger partial charge >= 0.3 is 17.9 Å². The quantitative estimate of drug-likeness (QED) is 0.0350. The Morgan fingerprint density at radius 2 is 0.821 bits per heavy atom. The summed E-state index contributed by atoms with van der Waals surface area (Å²) in [6.45, 7) is 24.9. The van der Waals surface area contributed by atoms with Gasteiger partial charge in [0.25, 0.3) is 0 Å². The summed E-state index contributed by atoms with van der Waals surface area (Å²) >= 11 is 0. The Bertz CT molecular complexity index is 889. The summed E-state index contributed by atoms with van der Waals surface area (Å²) in [5.41, 5.74) is 0. The Morgan fingerprint density at radius 3 is 1.18 bits per heavy atom. The van der Waals surface area contributed by atoms with Gasteiger partial charge in [0.15, 0.2) is 0 Å². The van der Waals surface area contributed by atoms with E-state index in [1.54, 1.807) is 0 Å². The molecular weight excluding hydrogens is 699 g/mol. The maximum absolute atomic E-state index is 13.1. The minimum Gasteiger partial charge on any atom is -0.465 e. The smallest absolute Gasteiger partial charge is 0.308 e. The molecule has 0 aromatic carbocycles. The van der Waals surface area contributed by atoms with Crippen LogP contribution in [0.5, 0.6) is 0 Å². The number of carbonyl (C=O) groups is 3. The fourth-order valence-electron chi connectivity index (χ4n) is 7.19. The zero-order valence-corrected chi connectivity index (χ0v) is 39.1. The van der Waals surface area contributed by atoms with Gasteiger partial charge < -0.3 is 19.1 Å². The molecule has 56 heavy (non-hydrogen) atoms. The van der Waals surface area contributed by atoms with Crippen molar-refractivity contribution < 1.29 is 28.6 Å². The Hall–Kier alpha value is -1.63. The van der Waals surface area contributed by atoms with Crippen LogP contribution in [-0.2, 0) is 28.6 Å². The van der Waals surface area contributed by atoms with Crippen molar-refractivity contribution in [2.45, 2.75) is 223 Å². The largest absolute Gasteiger partial charge is 0.465 e. The van der Waals surface area contributed by atoms with Gasteiger partial charge in [-0.2, -0.15) is 0 Å². The lowest BCUT2D eigenvalue weighted by Crippen LogP contribution is -2.28. The molecule has 0 N–H and O–H groups in total. The van der Waals surface area contributed by atoms with Crippen molar-refractivity contribution in [2.75, 3.05) is 33.4 Å². The van der Waals surface area contributed by atoms with E-state index in [0.29, 0.717) is 74.2 Å². The van der Waals surface area contributed by atoms with Crippen LogP contribution in [0.1, 0.15) is 217 Å². The number of ether oxygens (including phenoxy) is 3. The molecule has 332 valence electrons. The molecule has 2 unspecified atom stereocenters.